The lowest BCUT2D eigenvalue weighted by molar-refractivity contribution is 0.0325. The van der Waals surface area contributed by atoms with Gasteiger partial charge in [-0.2, -0.15) is 0 Å². The van der Waals surface area contributed by atoms with Crippen LogP contribution in [0.1, 0.15) is 30.5 Å². The summed E-state index contributed by atoms with van der Waals surface area (Å²) in [5, 5.41) is 19.0. The molecule has 34 heavy (non-hydrogen) atoms. The van der Waals surface area contributed by atoms with Gasteiger partial charge < -0.3 is 24.4 Å². The van der Waals surface area contributed by atoms with E-state index in [1.807, 2.05) is 61.5 Å². The number of rotatable bonds is 12. The van der Waals surface area contributed by atoms with Crippen molar-refractivity contribution in [2.75, 3.05) is 33.5 Å². The van der Waals surface area contributed by atoms with E-state index in [1.54, 1.807) is 7.11 Å². The summed E-state index contributed by atoms with van der Waals surface area (Å²) in [7, 11) is 1.55. The highest BCUT2D eigenvalue weighted by Crippen LogP contribution is 2.33. The number of methoxy groups -OCH3 is 1. The molecule has 0 spiro atoms. The molecule has 0 aliphatic carbocycles. The summed E-state index contributed by atoms with van der Waals surface area (Å²) in [6.07, 6.45) is -0.665. The van der Waals surface area contributed by atoms with Crippen molar-refractivity contribution in [3.05, 3.63) is 95.6 Å². The van der Waals surface area contributed by atoms with E-state index in [2.05, 4.69) is 31.2 Å². The minimum atomic E-state index is -0.665. The summed E-state index contributed by atoms with van der Waals surface area (Å²) in [5.41, 5.74) is 5.57. The smallest absolute Gasteiger partial charge is 0.119 e. The maximum Gasteiger partial charge on any atom is 0.119 e. The van der Waals surface area contributed by atoms with Gasteiger partial charge in [-0.05, 0) is 59.0 Å². The van der Waals surface area contributed by atoms with Gasteiger partial charge >= 0.3 is 0 Å². The largest absolute Gasteiger partial charge is 0.493 e. The fourth-order valence-corrected chi connectivity index (χ4v) is 3.59. The van der Waals surface area contributed by atoms with E-state index in [1.165, 1.54) is 0 Å². The SMILES string of the molecule is COCC(O)COc1ccc(/C(=C(\C)c2ccccc2)c2ccc(OCC(C)CO)cc2)cc1. The molecule has 5 nitrogen and oxygen atoms in total. The summed E-state index contributed by atoms with van der Waals surface area (Å²) in [6, 6.07) is 26.3. The van der Waals surface area contributed by atoms with E-state index in [4.69, 9.17) is 14.2 Å². The second kappa shape index (κ2) is 12.9. The Kier molecular flexibility index (Phi) is 9.71. The van der Waals surface area contributed by atoms with Crippen molar-refractivity contribution >= 4 is 11.1 Å². The third-order valence-corrected chi connectivity index (χ3v) is 5.52. The summed E-state index contributed by atoms with van der Waals surface area (Å²) in [4.78, 5) is 0. The standard InChI is InChI=1S/C29H34O5/c1-21(17-30)18-33-27-13-9-24(10-14-27)29(22(2)23-7-5-4-6-8-23)25-11-15-28(16-12-25)34-20-26(31)19-32-3/h4-16,21,26,30-31H,17-20H2,1-3H3/b29-22+. The highest BCUT2D eigenvalue weighted by atomic mass is 16.5. The van der Waals surface area contributed by atoms with Crippen molar-refractivity contribution in [1.29, 1.82) is 0 Å². The van der Waals surface area contributed by atoms with Crippen molar-refractivity contribution in [3.63, 3.8) is 0 Å². The molecular formula is C29H34O5. The summed E-state index contributed by atoms with van der Waals surface area (Å²) >= 11 is 0. The lowest BCUT2D eigenvalue weighted by Crippen LogP contribution is -2.22. The molecule has 0 saturated carbocycles. The van der Waals surface area contributed by atoms with Gasteiger partial charge in [-0.1, -0.05) is 61.5 Å². The van der Waals surface area contributed by atoms with E-state index >= 15 is 0 Å². The van der Waals surface area contributed by atoms with Crippen molar-refractivity contribution < 1.29 is 24.4 Å². The normalized spacial score (nSPS) is 13.7. The highest BCUT2D eigenvalue weighted by molar-refractivity contribution is 5.97. The monoisotopic (exact) mass is 462 g/mol. The number of allylic oxidation sites excluding steroid dienone is 1. The molecular weight excluding hydrogens is 428 g/mol. The molecule has 0 aromatic heterocycles. The molecule has 0 aliphatic heterocycles. The molecule has 3 aromatic carbocycles. The zero-order chi connectivity index (χ0) is 24.3. The van der Waals surface area contributed by atoms with E-state index < -0.39 is 6.10 Å². The van der Waals surface area contributed by atoms with Crippen molar-refractivity contribution in [1.82, 2.24) is 0 Å². The van der Waals surface area contributed by atoms with Crippen molar-refractivity contribution in [2.45, 2.75) is 20.0 Å². The molecule has 0 bridgehead atoms. The minimum absolute atomic E-state index is 0.0896. The minimum Gasteiger partial charge on any atom is -0.493 e. The van der Waals surface area contributed by atoms with Gasteiger partial charge in [-0.15, -0.1) is 0 Å². The van der Waals surface area contributed by atoms with Crippen LogP contribution in [-0.2, 0) is 4.74 Å². The third-order valence-electron chi connectivity index (χ3n) is 5.52. The van der Waals surface area contributed by atoms with E-state index in [0.717, 1.165) is 33.6 Å². The van der Waals surface area contributed by atoms with Crippen LogP contribution >= 0.6 is 0 Å². The molecule has 2 atom stereocenters. The Morgan fingerprint density at radius 3 is 1.76 bits per heavy atom. The van der Waals surface area contributed by atoms with Crippen LogP contribution < -0.4 is 9.47 Å². The Morgan fingerprint density at radius 2 is 1.26 bits per heavy atom. The van der Waals surface area contributed by atoms with Crippen LogP contribution in [0.3, 0.4) is 0 Å². The Hall–Kier alpha value is -3.12. The lowest BCUT2D eigenvalue weighted by Gasteiger charge is -2.16. The van der Waals surface area contributed by atoms with Crippen LogP contribution in [0.4, 0.5) is 0 Å². The first-order valence-electron chi connectivity index (χ1n) is 11.5. The Morgan fingerprint density at radius 1 is 0.735 bits per heavy atom. The molecule has 3 aromatic rings. The number of ether oxygens (including phenoxy) is 3. The van der Waals surface area contributed by atoms with Gasteiger partial charge in [0.05, 0.1) is 13.2 Å². The molecule has 0 radical (unpaired) electrons. The molecule has 3 rings (SSSR count). The van der Waals surface area contributed by atoms with Gasteiger partial charge in [0.1, 0.15) is 24.2 Å². The first-order valence-corrected chi connectivity index (χ1v) is 11.5. The Balaban J connectivity index is 1.88. The molecule has 0 amide bonds. The Bertz CT molecular complexity index is 1030. The molecule has 2 N–H and O–H groups in total. The number of aliphatic hydroxyl groups excluding tert-OH is 2. The highest BCUT2D eigenvalue weighted by Gasteiger charge is 2.12. The van der Waals surface area contributed by atoms with Gasteiger partial charge in [0, 0.05) is 19.6 Å². The zero-order valence-corrected chi connectivity index (χ0v) is 20.1. The molecule has 2 unspecified atom stereocenters. The number of aliphatic hydroxyl groups is 2. The van der Waals surface area contributed by atoms with Crippen molar-refractivity contribution in [3.8, 4) is 11.5 Å². The van der Waals surface area contributed by atoms with Crippen LogP contribution in [0.25, 0.3) is 11.1 Å². The van der Waals surface area contributed by atoms with Gasteiger partial charge in [-0.25, -0.2) is 0 Å². The van der Waals surface area contributed by atoms with Gasteiger partial charge in [0.15, 0.2) is 0 Å². The van der Waals surface area contributed by atoms with Crippen LogP contribution in [-0.4, -0.2) is 49.9 Å². The fraction of sp³-hybridized carbons (Fsp3) is 0.310. The van der Waals surface area contributed by atoms with Gasteiger partial charge in [0.25, 0.3) is 0 Å². The molecule has 180 valence electrons. The maximum absolute atomic E-state index is 9.83. The summed E-state index contributed by atoms with van der Waals surface area (Å²) in [6.45, 7) is 5.07. The van der Waals surface area contributed by atoms with Crippen LogP contribution in [0, 0.1) is 5.92 Å². The van der Waals surface area contributed by atoms with E-state index in [-0.39, 0.29) is 25.7 Å². The van der Waals surface area contributed by atoms with Crippen molar-refractivity contribution in [2.24, 2.45) is 5.92 Å². The average Bonchev–Trinajstić information content (AvgIpc) is 2.88. The maximum atomic E-state index is 9.83. The number of hydrogen-bond donors (Lipinski definition) is 2. The molecule has 0 fully saturated rings. The molecule has 0 heterocycles. The predicted molar refractivity (Wildman–Crippen MR) is 136 cm³/mol. The molecule has 0 saturated heterocycles. The first-order chi connectivity index (χ1) is 16.5. The number of hydrogen-bond acceptors (Lipinski definition) is 5. The molecule has 5 heteroatoms. The van der Waals surface area contributed by atoms with Gasteiger partial charge in [0.2, 0.25) is 0 Å². The predicted octanol–water partition coefficient (Wildman–Crippen LogP) is 5.06. The van der Waals surface area contributed by atoms with E-state index in [9.17, 15) is 10.2 Å². The molecule has 0 aliphatic rings. The quantitative estimate of drug-likeness (QED) is 0.368. The Labute approximate surface area is 202 Å². The van der Waals surface area contributed by atoms with Crippen LogP contribution in [0.5, 0.6) is 11.5 Å². The second-order valence-corrected chi connectivity index (χ2v) is 8.43. The van der Waals surface area contributed by atoms with E-state index in [0.29, 0.717) is 12.4 Å². The second-order valence-electron chi connectivity index (χ2n) is 8.43. The third kappa shape index (κ3) is 7.19. The first kappa shape index (κ1) is 25.5. The lowest BCUT2D eigenvalue weighted by atomic mass is 9.90. The number of benzene rings is 3. The average molecular weight is 463 g/mol. The van der Waals surface area contributed by atoms with Gasteiger partial charge in [-0.3, -0.25) is 0 Å². The summed E-state index contributed by atoms with van der Waals surface area (Å²) in [5.74, 6) is 1.56. The topological polar surface area (TPSA) is 68.2 Å². The van der Waals surface area contributed by atoms with Crippen LogP contribution in [0.2, 0.25) is 0 Å². The zero-order valence-electron chi connectivity index (χ0n) is 20.1. The fourth-order valence-electron chi connectivity index (χ4n) is 3.59. The van der Waals surface area contributed by atoms with Crippen LogP contribution in [0.15, 0.2) is 78.9 Å². The summed E-state index contributed by atoms with van der Waals surface area (Å²) < 4.78 is 16.4.